The van der Waals surface area contributed by atoms with Crippen molar-refractivity contribution in [1.29, 1.82) is 0 Å². The maximum atomic E-state index is 12.6. The van der Waals surface area contributed by atoms with E-state index in [4.69, 9.17) is 24.1 Å². The fourth-order valence-corrected chi connectivity index (χ4v) is 2.92. The van der Waals surface area contributed by atoms with E-state index in [1.807, 2.05) is 0 Å². The van der Waals surface area contributed by atoms with Gasteiger partial charge in [0.25, 0.3) is 5.91 Å². The van der Waals surface area contributed by atoms with Crippen LogP contribution >= 0.6 is 0 Å². The third-order valence-electron chi connectivity index (χ3n) is 4.39. The highest BCUT2D eigenvalue weighted by molar-refractivity contribution is 6.14. The zero-order chi connectivity index (χ0) is 20.4. The SMILES string of the molecule is C[C@@H](CO)NC(=O)COc1ccc2c(c1)O/C(=C\c1ccc3c(c1)OCO3)C2=O. The highest BCUT2D eigenvalue weighted by atomic mass is 16.7. The normalized spacial score (nSPS) is 16.3. The van der Waals surface area contributed by atoms with E-state index in [1.165, 1.54) is 0 Å². The van der Waals surface area contributed by atoms with Crippen LogP contribution in [-0.2, 0) is 4.79 Å². The van der Waals surface area contributed by atoms with Crippen molar-refractivity contribution in [3.05, 3.63) is 53.3 Å². The van der Waals surface area contributed by atoms with Crippen LogP contribution in [0.1, 0.15) is 22.8 Å². The lowest BCUT2D eigenvalue weighted by atomic mass is 10.1. The number of nitrogens with one attached hydrogen (secondary N) is 1. The van der Waals surface area contributed by atoms with Crippen molar-refractivity contribution < 1.29 is 33.6 Å². The van der Waals surface area contributed by atoms with E-state index in [9.17, 15) is 9.59 Å². The van der Waals surface area contributed by atoms with Crippen molar-refractivity contribution in [2.24, 2.45) is 0 Å². The molecule has 8 heteroatoms. The topological polar surface area (TPSA) is 103 Å². The number of allylic oxidation sites excluding steroid dienone is 1. The Bertz CT molecular complexity index is 999. The van der Waals surface area contributed by atoms with Crippen LogP contribution < -0.4 is 24.3 Å². The lowest BCUT2D eigenvalue weighted by Gasteiger charge is -2.11. The molecule has 1 atom stereocenters. The third kappa shape index (κ3) is 4.02. The molecule has 0 unspecified atom stereocenters. The molecule has 2 N–H and O–H groups in total. The molecule has 0 aliphatic carbocycles. The van der Waals surface area contributed by atoms with Gasteiger partial charge < -0.3 is 29.4 Å². The Morgan fingerprint density at radius 3 is 2.86 bits per heavy atom. The first-order valence-corrected chi connectivity index (χ1v) is 9.04. The molecule has 0 fully saturated rings. The summed E-state index contributed by atoms with van der Waals surface area (Å²) in [6.07, 6.45) is 1.63. The number of ether oxygens (including phenoxy) is 4. The molecule has 2 heterocycles. The Balaban J connectivity index is 1.45. The van der Waals surface area contributed by atoms with Gasteiger partial charge in [-0.3, -0.25) is 9.59 Å². The smallest absolute Gasteiger partial charge is 0.258 e. The minimum absolute atomic E-state index is 0.154. The average molecular weight is 397 g/mol. The van der Waals surface area contributed by atoms with Crippen molar-refractivity contribution in [2.45, 2.75) is 13.0 Å². The molecule has 2 aromatic rings. The van der Waals surface area contributed by atoms with Crippen LogP contribution in [0.4, 0.5) is 0 Å². The van der Waals surface area contributed by atoms with Crippen molar-refractivity contribution >= 4 is 17.8 Å². The molecular formula is C21H19NO7. The van der Waals surface area contributed by atoms with E-state index in [0.717, 1.165) is 5.56 Å². The van der Waals surface area contributed by atoms with Gasteiger partial charge in [0.2, 0.25) is 12.6 Å². The van der Waals surface area contributed by atoms with Crippen LogP contribution in [0.5, 0.6) is 23.0 Å². The maximum absolute atomic E-state index is 12.6. The van der Waals surface area contributed by atoms with Crippen LogP contribution in [0, 0.1) is 0 Å². The summed E-state index contributed by atoms with van der Waals surface area (Å²) in [5.74, 6) is 1.63. The van der Waals surface area contributed by atoms with E-state index in [-0.39, 0.29) is 43.5 Å². The third-order valence-corrected chi connectivity index (χ3v) is 4.39. The Morgan fingerprint density at radius 2 is 2.03 bits per heavy atom. The highest BCUT2D eigenvalue weighted by Crippen LogP contribution is 2.37. The Hall–Kier alpha value is -3.52. The molecule has 4 rings (SSSR count). The molecule has 0 radical (unpaired) electrons. The number of aliphatic hydroxyl groups is 1. The summed E-state index contributed by atoms with van der Waals surface area (Å²) >= 11 is 0. The van der Waals surface area contributed by atoms with Gasteiger partial charge in [-0.25, -0.2) is 0 Å². The van der Waals surface area contributed by atoms with Gasteiger partial charge in [0.05, 0.1) is 12.2 Å². The average Bonchev–Trinajstić information content (AvgIpc) is 3.30. The zero-order valence-electron chi connectivity index (χ0n) is 15.6. The number of carbonyl (C=O) groups excluding carboxylic acids is 2. The molecule has 2 aliphatic heterocycles. The number of ketones is 1. The van der Waals surface area contributed by atoms with Gasteiger partial charge in [-0.15, -0.1) is 0 Å². The summed E-state index contributed by atoms with van der Waals surface area (Å²) in [6, 6.07) is 9.77. The van der Waals surface area contributed by atoms with Crippen molar-refractivity contribution in [2.75, 3.05) is 20.0 Å². The van der Waals surface area contributed by atoms with Crippen LogP contribution in [0.3, 0.4) is 0 Å². The van der Waals surface area contributed by atoms with Crippen molar-refractivity contribution in [3.8, 4) is 23.0 Å². The number of hydrogen-bond acceptors (Lipinski definition) is 7. The summed E-state index contributed by atoms with van der Waals surface area (Å²) in [5.41, 5.74) is 1.17. The number of amides is 1. The van der Waals surface area contributed by atoms with E-state index < -0.39 is 0 Å². The predicted octanol–water partition coefficient (Wildman–Crippen LogP) is 1.91. The van der Waals surface area contributed by atoms with Gasteiger partial charge in [0.1, 0.15) is 11.5 Å². The van der Waals surface area contributed by atoms with E-state index in [0.29, 0.717) is 28.6 Å². The van der Waals surface area contributed by atoms with Crippen LogP contribution in [-0.4, -0.2) is 42.8 Å². The molecule has 29 heavy (non-hydrogen) atoms. The molecule has 0 saturated heterocycles. The number of rotatable bonds is 6. The fourth-order valence-electron chi connectivity index (χ4n) is 2.92. The number of benzene rings is 2. The lowest BCUT2D eigenvalue weighted by molar-refractivity contribution is -0.124. The molecule has 1 amide bonds. The van der Waals surface area contributed by atoms with Gasteiger partial charge in [-0.05, 0) is 42.8 Å². The summed E-state index contributed by atoms with van der Waals surface area (Å²) in [6.45, 7) is 1.49. The first-order chi connectivity index (χ1) is 14.0. The molecule has 0 saturated carbocycles. The molecule has 0 aromatic heterocycles. The fraction of sp³-hybridized carbons (Fsp3) is 0.238. The van der Waals surface area contributed by atoms with Crippen molar-refractivity contribution in [1.82, 2.24) is 5.32 Å². The van der Waals surface area contributed by atoms with Gasteiger partial charge in [0, 0.05) is 12.1 Å². The first kappa shape index (κ1) is 18.8. The second-order valence-electron chi connectivity index (χ2n) is 6.65. The molecular weight excluding hydrogens is 378 g/mol. The number of Topliss-reactive ketones (excluding diaryl/α,β-unsaturated/α-hetero) is 1. The largest absolute Gasteiger partial charge is 0.484 e. The lowest BCUT2D eigenvalue weighted by Crippen LogP contribution is -2.38. The second-order valence-corrected chi connectivity index (χ2v) is 6.65. The van der Waals surface area contributed by atoms with Crippen LogP contribution in [0.25, 0.3) is 6.08 Å². The van der Waals surface area contributed by atoms with Crippen LogP contribution in [0.2, 0.25) is 0 Å². The second kappa shape index (κ2) is 7.84. The summed E-state index contributed by atoms with van der Waals surface area (Å²) in [7, 11) is 0. The summed E-state index contributed by atoms with van der Waals surface area (Å²) < 4.78 is 21.8. The predicted molar refractivity (Wildman–Crippen MR) is 102 cm³/mol. The molecule has 0 bridgehead atoms. The molecule has 2 aromatic carbocycles. The van der Waals surface area contributed by atoms with Gasteiger partial charge in [-0.2, -0.15) is 0 Å². The highest BCUT2D eigenvalue weighted by Gasteiger charge is 2.28. The van der Waals surface area contributed by atoms with Gasteiger partial charge >= 0.3 is 0 Å². The molecule has 2 aliphatic rings. The monoisotopic (exact) mass is 397 g/mol. The van der Waals surface area contributed by atoms with Gasteiger partial charge in [-0.1, -0.05) is 6.07 Å². The number of fused-ring (bicyclic) bond motifs is 2. The Morgan fingerprint density at radius 1 is 1.21 bits per heavy atom. The van der Waals surface area contributed by atoms with Gasteiger partial charge in [0.15, 0.2) is 23.9 Å². The van der Waals surface area contributed by atoms with Crippen molar-refractivity contribution in [3.63, 3.8) is 0 Å². The number of carbonyl (C=O) groups is 2. The molecule has 8 nitrogen and oxygen atoms in total. The number of hydrogen-bond donors (Lipinski definition) is 2. The zero-order valence-corrected chi connectivity index (χ0v) is 15.6. The number of aliphatic hydroxyl groups excluding tert-OH is 1. The Labute approximate surface area is 166 Å². The summed E-state index contributed by atoms with van der Waals surface area (Å²) in [5, 5.41) is 11.5. The summed E-state index contributed by atoms with van der Waals surface area (Å²) in [4.78, 5) is 24.3. The van der Waals surface area contributed by atoms with E-state index >= 15 is 0 Å². The first-order valence-electron chi connectivity index (χ1n) is 9.04. The van der Waals surface area contributed by atoms with Crippen LogP contribution in [0.15, 0.2) is 42.2 Å². The molecule has 0 spiro atoms. The standard InChI is InChI=1S/C21H19NO7/c1-12(9-23)22-20(24)10-26-14-3-4-15-17(8-14)29-19(21(15)25)7-13-2-5-16-18(6-13)28-11-27-16/h2-8,12,23H,9-11H2,1H3,(H,22,24)/b19-7-/t12-/m0/s1. The minimum Gasteiger partial charge on any atom is -0.484 e. The van der Waals surface area contributed by atoms with E-state index in [2.05, 4.69) is 5.32 Å². The van der Waals surface area contributed by atoms with E-state index in [1.54, 1.807) is 49.4 Å². The quantitative estimate of drug-likeness (QED) is 0.718. The Kier molecular flexibility index (Phi) is 5.09. The maximum Gasteiger partial charge on any atom is 0.258 e. The molecule has 150 valence electrons. The minimum atomic E-state index is -0.354.